The number of ether oxygens (including phenoxy) is 1. The van der Waals surface area contributed by atoms with Gasteiger partial charge in [-0.2, -0.15) is 9.61 Å². The van der Waals surface area contributed by atoms with Crippen LogP contribution in [-0.4, -0.2) is 26.4 Å². The van der Waals surface area contributed by atoms with E-state index in [-0.39, 0.29) is 11.6 Å². The molecule has 2 aliphatic rings. The van der Waals surface area contributed by atoms with Crippen LogP contribution in [0.15, 0.2) is 0 Å². The second-order valence-corrected chi connectivity index (χ2v) is 6.83. The van der Waals surface area contributed by atoms with Crippen LogP contribution in [0.1, 0.15) is 61.9 Å². The molecule has 108 valence electrons. The van der Waals surface area contributed by atoms with Gasteiger partial charge in [0, 0.05) is 6.61 Å². The highest BCUT2D eigenvalue weighted by Gasteiger charge is 2.34. The molecule has 0 aromatic carbocycles. The van der Waals surface area contributed by atoms with Crippen LogP contribution in [0.4, 0.5) is 0 Å². The molecule has 6 nitrogen and oxygen atoms in total. The summed E-state index contributed by atoms with van der Waals surface area (Å²) in [5, 5.41) is 14.2. The molecule has 0 bridgehead atoms. The molecule has 0 amide bonds. The van der Waals surface area contributed by atoms with E-state index in [1.807, 2.05) is 4.52 Å². The van der Waals surface area contributed by atoms with Crippen LogP contribution < -0.4 is 5.73 Å². The van der Waals surface area contributed by atoms with E-state index in [1.54, 1.807) is 11.3 Å². The van der Waals surface area contributed by atoms with Gasteiger partial charge in [0.15, 0.2) is 5.82 Å². The molecule has 0 spiro atoms. The topological polar surface area (TPSA) is 78.3 Å². The second kappa shape index (κ2) is 4.75. The zero-order valence-electron chi connectivity index (χ0n) is 11.4. The third-order valence-electron chi connectivity index (χ3n) is 4.40. The minimum atomic E-state index is -0.266. The molecule has 1 saturated heterocycles. The van der Waals surface area contributed by atoms with Gasteiger partial charge < -0.3 is 10.5 Å². The van der Waals surface area contributed by atoms with Crippen LogP contribution in [-0.2, 0) is 10.3 Å². The van der Waals surface area contributed by atoms with Gasteiger partial charge in [-0.25, -0.2) is 0 Å². The summed E-state index contributed by atoms with van der Waals surface area (Å²) in [5.74, 6) is 0.833. The molecule has 20 heavy (non-hydrogen) atoms. The van der Waals surface area contributed by atoms with E-state index >= 15 is 0 Å². The lowest BCUT2D eigenvalue weighted by Crippen LogP contribution is -2.38. The van der Waals surface area contributed by atoms with Crippen LogP contribution in [0.3, 0.4) is 0 Å². The van der Waals surface area contributed by atoms with Crippen LogP contribution >= 0.6 is 11.3 Å². The maximum absolute atomic E-state index is 6.56. The van der Waals surface area contributed by atoms with E-state index in [0.29, 0.717) is 0 Å². The number of hydrogen-bond acceptors (Lipinski definition) is 6. The summed E-state index contributed by atoms with van der Waals surface area (Å²) in [4.78, 5) is 0.834. The summed E-state index contributed by atoms with van der Waals surface area (Å²) in [7, 11) is 0. The quantitative estimate of drug-likeness (QED) is 0.918. The Morgan fingerprint density at radius 1 is 1.20 bits per heavy atom. The smallest absolute Gasteiger partial charge is 0.234 e. The number of hydrogen-bond donors (Lipinski definition) is 1. The molecule has 1 unspecified atom stereocenters. The van der Waals surface area contributed by atoms with Gasteiger partial charge in [-0.1, -0.05) is 30.6 Å². The van der Waals surface area contributed by atoms with Gasteiger partial charge in [0.05, 0.1) is 5.54 Å². The largest absolute Gasteiger partial charge is 0.370 e. The zero-order valence-corrected chi connectivity index (χ0v) is 12.2. The number of nitrogens with zero attached hydrogens (tertiary/aromatic N) is 4. The molecule has 2 aromatic heterocycles. The molecular weight excluding hydrogens is 274 g/mol. The minimum Gasteiger partial charge on any atom is -0.370 e. The predicted molar refractivity (Wildman–Crippen MR) is 75.5 cm³/mol. The van der Waals surface area contributed by atoms with Gasteiger partial charge in [0.1, 0.15) is 11.1 Å². The van der Waals surface area contributed by atoms with E-state index in [0.717, 1.165) is 48.1 Å². The summed E-state index contributed by atoms with van der Waals surface area (Å²) in [6.45, 7) is 0.803. The SMILES string of the molecule is NC1(c2nn3c(C4CCCO4)nnc3s2)CCCCC1. The van der Waals surface area contributed by atoms with E-state index < -0.39 is 0 Å². The lowest BCUT2D eigenvalue weighted by molar-refractivity contribution is 0.103. The average molecular weight is 293 g/mol. The van der Waals surface area contributed by atoms with Gasteiger partial charge >= 0.3 is 0 Å². The summed E-state index contributed by atoms with van der Waals surface area (Å²) in [6.07, 6.45) is 7.83. The zero-order chi connectivity index (χ0) is 13.6. The monoisotopic (exact) mass is 293 g/mol. The van der Waals surface area contributed by atoms with Crippen LogP contribution in [0.5, 0.6) is 0 Å². The fraction of sp³-hybridized carbons (Fsp3) is 0.769. The first-order valence-electron chi connectivity index (χ1n) is 7.39. The van der Waals surface area contributed by atoms with Crippen molar-refractivity contribution < 1.29 is 4.74 Å². The average Bonchev–Trinajstić information content (AvgIpc) is 3.15. The van der Waals surface area contributed by atoms with E-state index in [1.165, 1.54) is 19.3 Å². The molecule has 1 aliphatic carbocycles. The highest BCUT2D eigenvalue weighted by molar-refractivity contribution is 7.16. The van der Waals surface area contributed by atoms with Crippen molar-refractivity contribution in [2.45, 2.75) is 56.6 Å². The van der Waals surface area contributed by atoms with Crippen molar-refractivity contribution in [3.8, 4) is 0 Å². The Kier molecular flexibility index (Phi) is 3.01. The molecule has 0 radical (unpaired) electrons. The molecule has 1 saturated carbocycles. The molecule has 1 atom stereocenters. The first-order chi connectivity index (χ1) is 9.76. The summed E-state index contributed by atoms with van der Waals surface area (Å²) in [5.41, 5.74) is 6.30. The molecule has 4 rings (SSSR count). The Bertz CT molecular complexity index is 609. The normalized spacial score (nSPS) is 26.4. The van der Waals surface area contributed by atoms with E-state index in [4.69, 9.17) is 15.6 Å². The maximum Gasteiger partial charge on any atom is 0.234 e. The van der Waals surface area contributed by atoms with E-state index in [9.17, 15) is 0 Å². The number of rotatable bonds is 2. The van der Waals surface area contributed by atoms with Gasteiger partial charge in [-0.05, 0) is 25.7 Å². The summed E-state index contributed by atoms with van der Waals surface area (Å²) < 4.78 is 7.54. The second-order valence-electron chi connectivity index (χ2n) is 5.88. The molecular formula is C13H19N5OS. The third kappa shape index (κ3) is 1.96. The van der Waals surface area contributed by atoms with Crippen molar-refractivity contribution in [3.63, 3.8) is 0 Å². The highest BCUT2D eigenvalue weighted by Crippen LogP contribution is 2.37. The Hall–Kier alpha value is -1.05. The number of fused-ring (bicyclic) bond motifs is 1. The van der Waals surface area contributed by atoms with Crippen molar-refractivity contribution >= 4 is 16.3 Å². The first-order valence-corrected chi connectivity index (χ1v) is 8.21. The number of aromatic nitrogens is 4. The van der Waals surface area contributed by atoms with Gasteiger partial charge in [0.2, 0.25) is 4.96 Å². The molecule has 2 aromatic rings. The molecule has 2 N–H and O–H groups in total. The molecule has 3 heterocycles. The Morgan fingerprint density at radius 2 is 2.05 bits per heavy atom. The van der Waals surface area contributed by atoms with Crippen molar-refractivity contribution in [2.24, 2.45) is 5.73 Å². The van der Waals surface area contributed by atoms with Gasteiger partial charge in [-0.3, -0.25) is 0 Å². The first kappa shape index (κ1) is 12.7. The van der Waals surface area contributed by atoms with Gasteiger partial charge in [0.25, 0.3) is 0 Å². The molecule has 2 fully saturated rings. The maximum atomic E-state index is 6.56. The lowest BCUT2D eigenvalue weighted by Gasteiger charge is -2.30. The summed E-state index contributed by atoms with van der Waals surface area (Å²) in [6, 6.07) is 0. The van der Waals surface area contributed by atoms with Crippen LogP contribution in [0.2, 0.25) is 0 Å². The fourth-order valence-electron chi connectivity index (χ4n) is 3.21. The van der Waals surface area contributed by atoms with Crippen molar-refractivity contribution in [1.29, 1.82) is 0 Å². The molecule has 1 aliphatic heterocycles. The van der Waals surface area contributed by atoms with Crippen molar-refractivity contribution in [1.82, 2.24) is 19.8 Å². The third-order valence-corrected chi connectivity index (χ3v) is 5.52. The Balaban J connectivity index is 1.71. The van der Waals surface area contributed by atoms with E-state index in [2.05, 4.69) is 10.2 Å². The van der Waals surface area contributed by atoms with Crippen LogP contribution in [0, 0.1) is 0 Å². The predicted octanol–water partition coefficient (Wildman–Crippen LogP) is 2.16. The van der Waals surface area contributed by atoms with Crippen LogP contribution in [0.25, 0.3) is 4.96 Å². The minimum absolute atomic E-state index is 0.0417. The van der Waals surface area contributed by atoms with Gasteiger partial charge in [-0.15, -0.1) is 10.2 Å². The van der Waals surface area contributed by atoms with Crippen molar-refractivity contribution in [2.75, 3.05) is 6.61 Å². The standard InChI is InChI=1S/C13H19N5OS/c14-13(6-2-1-3-7-13)11-17-18-10(9-5-4-8-19-9)15-16-12(18)20-11/h9H,1-8,14H2. The summed E-state index contributed by atoms with van der Waals surface area (Å²) >= 11 is 1.58. The molecule has 7 heteroatoms. The van der Waals surface area contributed by atoms with Crippen molar-refractivity contribution in [3.05, 3.63) is 10.8 Å². The Labute approximate surface area is 121 Å². The highest BCUT2D eigenvalue weighted by atomic mass is 32.1. The fourth-order valence-corrected chi connectivity index (χ4v) is 4.22. The lowest BCUT2D eigenvalue weighted by atomic mass is 9.83. The Morgan fingerprint density at radius 3 is 2.80 bits per heavy atom. The number of nitrogens with two attached hydrogens (primary N) is 1.